The van der Waals surface area contributed by atoms with Gasteiger partial charge in [-0.25, -0.2) is 13.1 Å². The lowest BCUT2D eigenvalue weighted by molar-refractivity contribution is 0.444. The first-order chi connectivity index (χ1) is 9.89. The van der Waals surface area contributed by atoms with Crippen LogP contribution in [0.4, 0.5) is 11.6 Å². The van der Waals surface area contributed by atoms with Crippen LogP contribution in [0.25, 0.3) is 0 Å². The summed E-state index contributed by atoms with van der Waals surface area (Å²) in [6, 6.07) is 0.155. The lowest BCUT2D eigenvalue weighted by Crippen LogP contribution is -2.44. The van der Waals surface area contributed by atoms with Crippen molar-refractivity contribution in [3.8, 4) is 0 Å². The molecule has 2 fully saturated rings. The van der Waals surface area contributed by atoms with E-state index < -0.39 is 9.84 Å². The highest BCUT2D eigenvalue weighted by atomic mass is 32.2. The van der Waals surface area contributed by atoms with Crippen LogP contribution in [0.2, 0.25) is 0 Å². The Kier molecular flexibility index (Phi) is 3.61. The molecular formula is C13H23N5O2S. The normalized spacial score (nSPS) is 21.5. The van der Waals surface area contributed by atoms with Crippen LogP contribution < -0.4 is 16.0 Å². The predicted octanol–water partition coefficient (Wildman–Crippen LogP) is 0.249. The lowest BCUT2D eigenvalue weighted by atomic mass is 10.2. The highest BCUT2D eigenvalue weighted by Crippen LogP contribution is 2.42. The van der Waals surface area contributed by atoms with Crippen LogP contribution in [0.15, 0.2) is 4.90 Å². The summed E-state index contributed by atoms with van der Waals surface area (Å²) in [6.45, 7) is 5.21. The fraction of sp³-hybridized carbons (Fsp3) is 0.769. The van der Waals surface area contributed by atoms with Crippen molar-refractivity contribution >= 4 is 21.5 Å². The smallest absolute Gasteiger partial charge is 0.182 e. The Bertz CT molecular complexity index is 629. The molecule has 1 aliphatic carbocycles. The standard InChI is InChI=1S/C13H23N5O2S/c1-9(10-3-4-10)18-12(14)11(21(2,19)20)13(16-18)17-7-5-15-6-8-17/h9-10,15H,3-8,14H2,1-2H3. The van der Waals surface area contributed by atoms with Crippen molar-refractivity contribution in [3.63, 3.8) is 0 Å². The van der Waals surface area contributed by atoms with Gasteiger partial charge in [0.2, 0.25) is 0 Å². The molecule has 2 aliphatic rings. The van der Waals surface area contributed by atoms with E-state index in [-0.39, 0.29) is 16.8 Å². The number of nitrogens with two attached hydrogens (primary N) is 1. The molecule has 8 heteroatoms. The molecule has 1 aliphatic heterocycles. The first kappa shape index (κ1) is 14.6. The van der Waals surface area contributed by atoms with Gasteiger partial charge in [0.1, 0.15) is 5.82 Å². The largest absolute Gasteiger partial charge is 0.383 e. The molecule has 1 atom stereocenters. The second kappa shape index (κ2) is 5.17. The first-order valence-corrected chi connectivity index (χ1v) is 9.32. The minimum atomic E-state index is -3.40. The molecule has 1 saturated heterocycles. The number of anilines is 2. The van der Waals surface area contributed by atoms with Crippen LogP contribution in [-0.2, 0) is 9.84 Å². The Morgan fingerprint density at radius 3 is 2.48 bits per heavy atom. The van der Waals surface area contributed by atoms with Crippen LogP contribution in [0.1, 0.15) is 25.8 Å². The molecule has 7 nitrogen and oxygen atoms in total. The van der Waals surface area contributed by atoms with E-state index >= 15 is 0 Å². The number of piperazine rings is 1. The van der Waals surface area contributed by atoms with E-state index in [0.29, 0.717) is 11.7 Å². The molecule has 0 bridgehead atoms. The second-order valence-electron chi connectivity index (χ2n) is 6.07. The molecule has 0 spiro atoms. The quantitative estimate of drug-likeness (QED) is 0.827. The number of rotatable bonds is 4. The number of aromatic nitrogens is 2. The fourth-order valence-corrected chi connectivity index (χ4v) is 3.92. The molecular weight excluding hydrogens is 290 g/mol. The van der Waals surface area contributed by atoms with E-state index in [1.165, 1.54) is 6.26 Å². The molecule has 1 unspecified atom stereocenters. The van der Waals surface area contributed by atoms with E-state index in [2.05, 4.69) is 17.3 Å². The van der Waals surface area contributed by atoms with Crippen molar-refractivity contribution < 1.29 is 8.42 Å². The van der Waals surface area contributed by atoms with Gasteiger partial charge in [-0.15, -0.1) is 0 Å². The molecule has 0 amide bonds. The molecule has 1 saturated carbocycles. The van der Waals surface area contributed by atoms with E-state index in [1.807, 2.05) is 4.90 Å². The van der Waals surface area contributed by atoms with Gasteiger partial charge in [-0.3, -0.25) is 0 Å². The maximum Gasteiger partial charge on any atom is 0.182 e. The summed E-state index contributed by atoms with van der Waals surface area (Å²) in [7, 11) is -3.40. The summed E-state index contributed by atoms with van der Waals surface area (Å²) in [5, 5.41) is 7.83. The maximum atomic E-state index is 12.2. The summed E-state index contributed by atoms with van der Waals surface area (Å²) >= 11 is 0. The zero-order chi connectivity index (χ0) is 15.2. The van der Waals surface area contributed by atoms with Crippen molar-refractivity contribution in [2.75, 3.05) is 43.1 Å². The Hall–Kier alpha value is -1.28. The average Bonchev–Trinajstić information content (AvgIpc) is 3.21. The zero-order valence-corrected chi connectivity index (χ0v) is 13.4. The number of hydrogen-bond acceptors (Lipinski definition) is 6. The monoisotopic (exact) mass is 313 g/mol. The Labute approximate surface area is 125 Å². The number of nitrogens with zero attached hydrogens (tertiary/aromatic N) is 3. The predicted molar refractivity (Wildman–Crippen MR) is 82.3 cm³/mol. The highest BCUT2D eigenvalue weighted by Gasteiger charge is 2.35. The van der Waals surface area contributed by atoms with E-state index in [4.69, 9.17) is 5.73 Å². The molecule has 0 radical (unpaired) electrons. The van der Waals surface area contributed by atoms with Gasteiger partial charge in [0.05, 0.1) is 6.04 Å². The van der Waals surface area contributed by atoms with Crippen LogP contribution in [0, 0.1) is 5.92 Å². The first-order valence-electron chi connectivity index (χ1n) is 7.43. The van der Waals surface area contributed by atoms with Crippen molar-refractivity contribution in [1.29, 1.82) is 0 Å². The van der Waals surface area contributed by atoms with Crippen molar-refractivity contribution in [2.45, 2.75) is 30.7 Å². The van der Waals surface area contributed by atoms with Crippen LogP contribution in [0.5, 0.6) is 0 Å². The van der Waals surface area contributed by atoms with Crippen LogP contribution in [-0.4, -0.2) is 50.6 Å². The molecule has 0 aromatic carbocycles. The van der Waals surface area contributed by atoms with Gasteiger partial charge in [-0.1, -0.05) is 0 Å². The zero-order valence-electron chi connectivity index (χ0n) is 12.5. The van der Waals surface area contributed by atoms with Crippen molar-refractivity contribution in [3.05, 3.63) is 0 Å². The SMILES string of the molecule is CC(C1CC1)n1nc(N2CCNCC2)c(S(C)(=O)=O)c1N. The van der Waals surface area contributed by atoms with Crippen LogP contribution in [0.3, 0.4) is 0 Å². The highest BCUT2D eigenvalue weighted by molar-refractivity contribution is 7.91. The Balaban J connectivity index is 2.06. The number of nitrogens with one attached hydrogen (secondary N) is 1. The molecule has 1 aromatic heterocycles. The van der Waals surface area contributed by atoms with Gasteiger partial charge in [0.15, 0.2) is 20.6 Å². The summed E-state index contributed by atoms with van der Waals surface area (Å²) < 4.78 is 26.0. The minimum Gasteiger partial charge on any atom is -0.383 e. The summed E-state index contributed by atoms with van der Waals surface area (Å²) in [4.78, 5) is 2.20. The lowest BCUT2D eigenvalue weighted by Gasteiger charge is -2.27. The Morgan fingerprint density at radius 2 is 1.95 bits per heavy atom. The Morgan fingerprint density at radius 1 is 1.33 bits per heavy atom. The fourth-order valence-electron chi connectivity index (χ4n) is 2.95. The van der Waals surface area contributed by atoms with Gasteiger partial charge >= 0.3 is 0 Å². The van der Waals surface area contributed by atoms with Gasteiger partial charge in [0.25, 0.3) is 0 Å². The number of hydrogen-bond donors (Lipinski definition) is 2. The second-order valence-corrected chi connectivity index (χ2v) is 8.02. The average molecular weight is 313 g/mol. The molecule has 3 N–H and O–H groups in total. The number of sulfone groups is 1. The van der Waals surface area contributed by atoms with Crippen LogP contribution >= 0.6 is 0 Å². The summed E-state index contributed by atoms with van der Waals surface area (Å²) in [5.74, 6) is 1.37. The van der Waals surface area contributed by atoms with Gasteiger partial charge < -0.3 is 16.0 Å². The minimum absolute atomic E-state index is 0.155. The topological polar surface area (TPSA) is 93.2 Å². The van der Waals surface area contributed by atoms with Gasteiger partial charge in [-0.2, -0.15) is 5.10 Å². The van der Waals surface area contributed by atoms with E-state index in [1.54, 1.807) is 4.68 Å². The maximum absolute atomic E-state index is 12.2. The van der Waals surface area contributed by atoms with Crippen molar-refractivity contribution in [2.24, 2.45) is 5.92 Å². The van der Waals surface area contributed by atoms with E-state index in [0.717, 1.165) is 39.0 Å². The van der Waals surface area contributed by atoms with Gasteiger partial charge in [0, 0.05) is 32.4 Å². The summed E-state index contributed by atoms with van der Waals surface area (Å²) in [6.07, 6.45) is 3.54. The van der Waals surface area contributed by atoms with Crippen molar-refractivity contribution in [1.82, 2.24) is 15.1 Å². The third-order valence-corrected chi connectivity index (χ3v) is 5.50. The summed E-state index contributed by atoms with van der Waals surface area (Å²) in [5.41, 5.74) is 6.14. The third-order valence-electron chi connectivity index (χ3n) is 4.36. The molecule has 21 heavy (non-hydrogen) atoms. The van der Waals surface area contributed by atoms with Gasteiger partial charge in [-0.05, 0) is 25.7 Å². The molecule has 2 heterocycles. The molecule has 1 aromatic rings. The third kappa shape index (κ3) is 2.74. The number of nitrogen functional groups attached to an aromatic ring is 1. The van der Waals surface area contributed by atoms with E-state index in [9.17, 15) is 8.42 Å². The molecule has 3 rings (SSSR count). The molecule has 118 valence electrons.